The van der Waals surface area contributed by atoms with Gasteiger partial charge < -0.3 is 10.2 Å². The van der Waals surface area contributed by atoms with Crippen molar-refractivity contribution in [3.8, 4) is 0 Å². The van der Waals surface area contributed by atoms with Crippen LogP contribution < -0.4 is 5.32 Å². The average molecular weight is 381 g/mol. The third-order valence-electron chi connectivity index (χ3n) is 5.79. The molecule has 0 spiro atoms. The predicted octanol–water partition coefficient (Wildman–Crippen LogP) is 3.75. The van der Waals surface area contributed by atoms with Crippen molar-refractivity contribution < 1.29 is 9.18 Å². The second kappa shape index (κ2) is 8.74. The normalized spacial score (nSPS) is 23.0. The van der Waals surface area contributed by atoms with E-state index in [1.54, 1.807) is 12.1 Å². The maximum atomic E-state index is 13.4. The van der Waals surface area contributed by atoms with Crippen LogP contribution in [0.5, 0.6) is 0 Å². The molecule has 0 aromatic heterocycles. The van der Waals surface area contributed by atoms with E-state index >= 15 is 0 Å². The average Bonchev–Trinajstić information content (AvgIpc) is 3.17. The van der Waals surface area contributed by atoms with E-state index in [0.717, 1.165) is 56.7 Å². The van der Waals surface area contributed by atoms with Gasteiger partial charge in [0.2, 0.25) is 5.91 Å². The monoisotopic (exact) mass is 381 g/mol. The quantitative estimate of drug-likeness (QED) is 0.857. The number of piperidine rings is 1. The number of amides is 1. The summed E-state index contributed by atoms with van der Waals surface area (Å²) in [5, 5.41) is 3.54. The van der Waals surface area contributed by atoms with Crippen LogP contribution >= 0.6 is 0 Å². The van der Waals surface area contributed by atoms with Crippen molar-refractivity contribution in [2.75, 3.05) is 31.5 Å². The molecule has 2 aromatic carbocycles. The van der Waals surface area contributed by atoms with Crippen LogP contribution in [0.2, 0.25) is 0 Å². The summed E-state index contributed by atoms with van der Waals surface area (Å²) in [6.45, 7) is 4.04. The number of anilines is 1. The SMILES string of the molecule is O=C(C1CCCN(Cc2cccc(F)c2)C1)N1CCC(Nc2ccccc2)C1. The Morgan fingerprint density at radius 1 is 1.04 bits per heavy atom. The molecule has 2 fully saturated rings. The van der Waals surface area contributed by atoms with Gasteiger partial charge in [0.15, 0.2) is 0 Å². The number of hydrogen-bond acceptors (Lipinski definition) is 3. The zero-order valence-corrected chi connectivity index (χ0v) is 16.2. The maximum absolute atomic E-state index is 13.4. The van der Waals surface area contributed by atoms with Gasteiger partial charge >= 0.3 is 0 Å². The largest absolute Gasteiger partial charge is 0.380 e. The van der Waals surface area contributed by atoms with Gasteiger partial charge in [-0.3, -0.25) is 9.69 Å². The summed E-state index contributed by atoms with van der Waals surface area (Å²) in [5.74, 6) is 0.134. The standard InChI is InChI=1S/C23H28FN3O/c24-20-8-4-6-18(14-20)15-26-12-5-7-19(16-26)23(28)27-13-11-22(17-27)25-21-9-2-1-3-10-21/h1-4,6,8-10,14,19,22,25H,5,7,11-13,15-17H2. The van der Waals surface area contributed by atoms with Gasteiger partial charge in [-0.05, 0) is 55.6 Å². The molecule has 2 aliphatic rings. The van der Waals surface area contributed by atoms with Crippen molar-refractivity contribution >= 4 is 11.6 Å². The molecule has 0 radical (unpaired) electrons. The van der Waals surface area contributed by atoms with Crippen molar-refractivity contribution in [3.05, 3.63) is 66.0 Å². The van der Waals surface area contributed by atoms with Crippen molar-refractivity contribution in [1.29, 1.82) is 0 Å². The molecule has 28 heavy (non-hydrogen) atoms. The van der Waals surface area contributed by atoms with Crippen LogP contribution in [0.3, 0.4) is 0 Å². The molecule has 2 aromatic rings. The number of carbonyl (C=O) groups excluding carboxylic acids is 1. The highest BCUT2D eigenvalue weighted by molar-refractivity contribution is 5.79. The van der Waals surface area contributed by atoms with Gasteiger partial charge in [-0.25, -0.2) is 4.39 Å². The number of rotatable bonds is 5. The number of benzene rings is 2. The number of para-hydroxylation sites is 1. The van der Waals surface area contributed by atoms with Gasteiger partial charge in [0, 0.05) is 37.9 Å². The first-order chi connectivity index (χ1) is 13.7. The summed E-state index contributed by atoms with van der Waals surface area (Å²) >= 11 is 0. The highest BCUT2D eigenvalue weighted by Crippen LogP contribution is 2.24. The molecule has 4 nitrogen and oxygen atoms in total. The van der Waals surface area contributed by atoms with Gasteiger partial charge in [-0.15, -0.1) is 0 Å². The Hall–Kier alpha value is -2.40. The van der Waals surface area contributed by atoms with Gasteiger partial charge in [0.05, 0.1) is 5.92 Å². The third kappa shape index (κ3) is 4.71. The second-order valence-corrected chi connectivity index (χ2v) is 7.98. The Morgan fingerprint density at radius 2 is 1.89 bits per heavy atom. The van der Waals surface area contributed by atoms with Gasteiger partial charge in [0.25, 0.3) is 0 Å². The van der Waals surface area contributed by atoms with Crippen LogP contribution in [0.4, 0.5) is 10.1 Å². The molecule has 1 N–H and O–H groups in total. The molecule has 2 saturated heterocycles. The lowest BCUT2D eigenvalue weighted by atomic mass is 9.96. The summed E-state index contributed by atoms with van der Waals surface area (Å²) < 4.78 is 13.4. The summed E-state index contributed by atoms with van der Waals surface area (Å²) in [4.78, 5) is 17.4. The first-order valence-electron chi connectivity index (χ1n) is 10.2. The van der Waals surface area contributed by atoms with Crippen LogP contribution in [0.1, 0.15) is 24.8 Å². The summed E-state index contributed by atoms with van der Waals surface area (Å²) in [5.41, 5.74) is 2.09. The molecule has 2 unspecified atom stereocenters. The molecule has 1 amide bonds. The minimum absolute atomic E-state index is 0.0535. The number of hydrogen-bond donors (Lipinski definition) is 1. The number of halogens is 1. The van der Waals surface area contributed by atoms with Gasteiger partial charge in [0.1, 0.15) is 5.82 Å². The summed E-state index contributed by atoms with van der Waals surface area (Å²) in [6, 6.07) is 17.3. The number of nitrogens with one attached hydrogen (secondary N) is 1. The van der Waals surface area contributed by atoms with Crippen LogP contribution in [-0.2, 0) is 11.3 Å². The molecule has 0 aliphatic carbocycles. The van der Waals surface area contributed by atoms with E-state index < -0.39 is 0 Å². The van der Waals surface area contributed by atoms with Crippen LogP contribution in [0.25, 0.3) is 0 Å². The van der Waals surface area contributed by atoms with Crippen molar-refractivity contribution in [2.24, 2.45) is 5.92 Å². The molecule has 0 saturated carbocycles. The highest BCUT2D eigenvalue weighted by atomic mass is 19.1. The van der Waals surface area contributed by atoms with Crippen molar-refractivity contribution in [2.45, 2.75) is 31.8 Å². The van der Waals surface area contributed by atoms with E-state index in [1.165, 1.54) is 6.07 Å². The van der Waals surface area contributed by atoms with E-state index in [-0.39, 0.29) is 17.6 Å². The fraction of sp³-hybridized carbons (Fsp3) is 0.435. The Kier molecular flexibility index (Phi) is 5.91. The van der Waals surface area contributed by atoms with Gasteiger partial charge in [-0.2, -0.15) is 0 Å². The molecule has 148 valence electrons. The molecule has 2 heterocycles. The van der Waals surface area contributed by atoms with Crippen LogP contribution in [-0.4, -0.2) is 47.9 Å². The third-order valence-corrected chi connectivity index (χ3v) is 5.79. The summed E-state index contributed by atoms with van der Waals surface area (Å²) in [6.07, 6.45) is 2.96. The van der Waals surface area contributed by atoms with E-state index in [1.807, 2.05) is 29.2 Å². The molecule has 5 heteroatoms. The highest BCUT2D eigenvalue weighted by Gasteiger charge is 2.33. The zero-order chi connectivity index (χ0) is 19.3. The Bertz CT molecular complexity index is 797. The minimum atomic E-state index is -0.198. The number of nitrogens with zero attached hydrogens (tertiary/aromatic N) is 2. The molecule has 2 atom stereocenters. The lowest BCUT2D eigenvalue weighted by Gasteiger charge is -2.34. The lowest BCUT2D eigenvalue weighted by molar-refractivity contribution is -0.136. The smallest absolute Gasteiger partial charge is 0.227 e. The molecule has 0 bridgehead atoms. The first-order valence-corrected chi connectivity index (χ1v) is 10.2. The first kappa shape index (κ1) is 18.9. The Labute approximate surface area is 166 Å². The van der Waals surface area contributed by atoms with Crippen molar-refractivity contribution in [1.82, 2.24) is 9.80 Å². The Morgan fingerprint density at radius 3 is 2.71 bits per heavy atom. The minimum Gasteiger partial charge on any atom is -0.380 e. The summed E-state index contributed by atoms with van der Waals surface area (Å²) in [7, 11) is 0. The van der Waals surface area contributed by atoms with Crippen molar-refractivity contribution in [3.63, 3.8) is 0 Å². The molecule has 2 aliphatic heterocycles. The van der Waals surface area contributed by atoms with Crippen LogP contribution in [0, 0.1) is 11.7 Å². The van der Waals surface area contributed by atoms with E-state index in [9.17, 15) is 9.18 Å². The van der Waals surface area contributed by atoms with Gasteiger partial charge in [-0.1, -0.05) is 30.3 Å². The van der Waals surface area contributed by atoms with E-state index in [2.05, 4.69) is 22.3 Å². The second-order valence-electron chi connectivity index (χ2n) is 7.98. The molecular formula is C23H28FN3O. The number of likely N-dealkylation sites (tertiary alicyclic amines) is 2. The predicted molar refractivity (Wildman–Crippen MR) is 109 cm³/mol. The topological polar surface area (TPSA) is 35.6 Å². The number of carbonyl (C=O) groups is 1. The Balaban J connectivity index is 1.30. The fourth-order valence-electron chi connectivity index (χ4n) is 4.40. The maximum Gasteiger partial charge on any atom is 0.227 e. The zero-order valence-electron chi connectivity index (χ0n) is 16.2. The van der Waals surface area contributed by atoms with E-state index in [0.29, 0.717) is 12.6 Å². The molecule has 4 rings (SSSR count). The van der Waals surface area contributed by atoms with E-state index in [4.69, 9.17) is 0 Å². The van der Waals surface area contributed by atoms with Crippen LogP contribution in [0.15, 0.2) is 54.6 Å². The fourth-order valence-corrected chi connectivity index (χ4v) is 4.40. The lowest BCUT2D eigenvalue weighted by Crippen LogP contribution is -2.44. The molecular weight excluding hydrogens is 353 g/mol.